The van der Waals surface area contributed by atoms with Gasteiger partial charge < -0.3 is 15.8 Å². The molecule has 1 aliphatic heterocycles. The summed E-state index contributed by atoms with van der Waals surface area (Å²) in [5, 5.41) is 2.95. The van der Waals surface area contributed by atoms with E-state index in [2.05, 4.69) is 5.32 Å². The maximum absolute atomic E-state index is 12.1. The Morgan fingerprint density at radius 1 is 1.53 bits per heavy atom. The van der Waals surface area contributed by atoms with Crippen LogP contribution in [0.3, 0.4) is 0 Å². The predicted octanol–water partition coefficient (Wildman–Crippen LogP) is 2.19. The monoisotopic (exact) mass is 296 g/mol. The summed E-state index contributed by atoms with van der Waals surface area (Å²) in [5.74, 6) is 1.68. The van der Waals surface area contributed by atoms with E-state index in [4.69, 9.17) is 22.7 Å². The van der Waals surface area contributed by atoms with Gasteiger partial charge in [-0.05, 0) is 30.7 Å². The Labute approximate surface area is 122 Å². The lowest BCUT2D eigenvalue weighted by molar-refractivity contribution is -0.115. The summed E-state index contributed by atoms with van der Waals surface area (Å²) in [4.78, 5) is 12.4. The molecule has 1 aromatic rings. The molecule has 1 unspecified atom stereocenters. The van der Waals surface area contributed by atoms with Crippen LogP contribution in [0.4, 0.5) is 5.69 Å². The van der Waals surface area contributed by atoms with Gasteiger partial charge in [-0.3, -0.25) is 4.79 Å². The van der Waals surface area contributed by atoms with Crippen molar-refractivity contribution in [2.24, 2.45) is 5.73 Å². The Hall–Kier alpha value is -1.27. The van der Waals surface area contributed by atoms with E-state index < -0.39 is 0 Å². The third-order valence-electron chi connectivity index (χ3n) is 2.74. The molecular weight excluding hydrogens is 280 g/mol. The van der Waals surface area contributed by atoms with Crippen molar-refractivity contribution in [2.45, 2.75) is 18.1 Å². The number of nitrogens with one attached hydrogen (secondary N) is 1. The van der Waals surface area contributed by atoms with Crippen molar-refractivity contribution in [1.82, 2.24) is 0 Å². The van der Waals surface area contributed by atoms with Crippen LogP contribution >= 0.6 is 24.0 Å². The molecule has 1 aromatic carbocycles. The number of ether oxygens (including phenoxy) is 1. The second-order valence-corrected chi connectivity index (χ2v) is 6.08. The molecule has 1 atom stereocenters. The number of rotatable bonds is 5. The number of hydrogen-bond donors (Lipinski definition) is 2. The number of anilines is 1. The maximum atomic E-state index is 12.1. The zero-order valence-corrected chi connectivity index (χ0v) is 12.1. The highest BCUT2D eigenvalue weighted by atomic mass is 32.2. The highest BCUT2D eigenvalue weighted by Gasteiger charge is 2.23. The standard InChI is InChI=1S/C13H16N2O2S2/c14-12(18)8-17-10-5-2-1-4-9(10)15-13(16)11-6-3-7-19-11/h1-2,4-5,11H,3,6-8H2,(H2,14,18)(H,15,16). The van der Waals surface area contributed by atoms with Crippen molar-refractivity contribution in [1.29, 1.82) is 0 Å². The maximum Gasteiger partial charge on any atom is 0.237 e. The Bertz CT molecular complexity index is 473. The number of para-hydroxylation sites is 2. The van der Waals surface area contributed by atoms with E-state index in [0.717, 1.165) is 18.6 Å². The van der Waals surface area contributed by atoms with Crippen molar-refractivity contribution in [3.05, 3.63) is 24.3 Å². The van der Waals surface area contributed by atoms with Gasteiger partial charge in [0.2, 0.25) is 5.91 Å². The molecule has 1 fully saturated rings. The van der Waals surface area contributed by atoms with Gasteiger partial charge in [-0.25, -0.2) is 0 Å². The number of amides is 1. The van der Waals surface area contributed by atoms with Crippen molar-refractivity contribution >= 4 is 40.6 Å². The number of thiocarbonyl (C=S) groups is 1. The molecule has 2 rings (SSSR count). The van der Waals surface area contributed by atoms with E-state index in [1.54, 1.807) is 17.8 Å². The summed E-state index contributed by atoms with van der Waals surface area (Å²) in [6.45, 7) is 0.167. The first kappa shape index (κ1) is 14.1. The van der Waals surface area contributed by atoms with Gasteiger partial charge in [0, 0.05) is 0 Å². The van der Waals surface area contributed by atoms with Gasteiger partial charge in [-0.15, -0.1) is 11.8 Å². The van der Waals surface area contributed by atoms with Gasteiger partial charge in [0.05, 0.1) is 10.9 Å². The van der Waals surface area contributed by atoms with Gasteiger partial charge in [-0.2, -0.15) is 0 Å². The van der Waals surface area contributed by atoms with Crippen LogP contribution in [0.2, 0.25) is 0 Å². The average molecular weight is 296 g/mol. The molecule has 4 nitrogen and oxygen atoms in total. The van der Waals surface area contributed by atoms with Crippen LogP contribution in [-0.4, -0.2) is 28.5 Å². The van der Waals surface area contributed by atoms with Crippen molar-refractivity contribution < 1.29 is 9.53 Å². The fourth-order valence-electron chi connectivity index (χ4n) is 1.84. The summed E-state index contributed by atoms with van der Waals surface area (Å²) in [6.07, 6.45) is 2.04. The van der Waals surface area contributed by atoms with E-state index in [-0.39, 0.29) is 22.8 Å². The average Bonchev–Trinajstić information content (AvgIpc) is 2.91. The van der Waals surface area contributed by atoms with Gasteiger partial charge in [0.1, 0.15) is 17.3 Å². The molecule has 6 heteroatoms. The second kappa shape index (κ2) is 6.77. The minimum atomic E-state index is 0.0360. The first-order chi connectivity index (χ1) is 9.16. The van der Waals surface area contributed by atoms with Gasteiger partial charge in [0.15, 0.2) is 0 Å². The fraction of sp³-hybridized carbons (Fsp3) is 0.385. The van der Waals surface area contributed by atoms with Crippen LogP contribution in [-0.2, 0) is 4.79 Å². The minimum absolute atomic E-state index is 0.0360. The van der Waals surface area contributed by atoms with E-state index in [1.165, 1.54) is 0 Å². The SMILES string of the molecule is NC(=S)COc1ccccc1NC(=O)C1CCCS1. The van der Waals surface area contributed by atoms with Crippen LogP contribution in [0.5, 0.6) is 5.75 Å². The molecule has 0 aliphatic carbocycles. The summed E-state index contributed by atoms with van der Waals surface area (Å²) in [5.41, 5.74) is 6.07. The number of carbonyl (C=O) groups is 1. The van der Waals surface area contributed by atoms with E-state index in [0.29, 0.717) is 11.4 Å². The molecule has 1 saturated heterocycles. The molecule has 0 aromatic heterocycles. The summed E-state index contributed by atoms with van der Waals surface area (Å²) >= 11 is 6.48. The molecule has 1 heterocycles. The molecule has 0 spiro atoms. The molecule has 3 N–H and O–H groups in total. The summed E-state index contributed by atoms with van der Waals surface area (Å²) < 4.78 is 5.47. The van der Waals surface area contributed by atoms with Gasteiger partial charge in [0.25, 0.3) is 0 Å². The lowest BCUT2D eigenvalue weighted by Crippen LogP contribution is -2.24. The molecule has 0 bridgehead atoms. The van der Waals surface area contributed by atoms with Crippen LogP contribution in [0.1, 0.15) is 12.8 Å². The zero-order valence-electron chi connectivity index (χ0n) is 10.4. The quantitative estimate of drug-likeness (QED) is 0.815. The van der Waals surface area contributed by atoms with Crippen LogP contribution in [0.25, 0.3) is 0 Å². The summed E-state index contributed by atoms with van der Waals surface area (Å²) in [6, 6.07) is 7.29. The predicted molar refractivity (Wildman–Crippen MR) is 82.8 cm³/mol. The lowest BCUT2D eigenvalue weighted by Gasteiger charge is -2.14. The number of carbonyl (C=O) groups excluding carboxylic acids is 1. The molecule has 19 heavy (non-hydrogen) atoms. The topological polar surface area (TPSA) is 64.3 Å². The molecule has 0 radical (unpaired) electrons. The smallest absolute Gasteiger partial charge is 0.237 e. The fourth-order valence-corrected chi connectivity index (χ4v) is 3.06. The Balaban J connectivity index is 2.02. The van der Waals surface area contributed by atoms with Crippen LogP contribution in [0, 0.1) is 0 Å². The Morgan fingerprint density at radius 2 is 2.32 bits per heavy atom. The number of thioether (sulfide) groups is 1. The summed E-state index contributed by atoms with van der Waals surface area (Å²) in [7, 11) is 0. The van der Waals surface area contributed by atoms with Crippen LogP contribution < -0.4 is 15.8 Å². The third-order valence-corrected chi connectivity index (χ3v) is 4.23. The molecule has 1 aliphatic rings. The van der Waals surface area contributed by atoms with Crippen LogP contribution in [0.15, 0.2) is 24.3 Å². The Kier molecular flexibility index (Phi) is 5.04. The van der Waals surface area contributed by atoms with E-state index >= 15 is 0 Å². The highest BCUT2D eigenvalue weighted by Crippen LogP contribution is 2.29. The first-order valence-electron chi connectivity index (χ1n) is 6.09. The largest absolute Gasteiger partial charge is 0.484 e. The number of hydrogen-bond acceptors (Lipinski definition) is 4. The second-order valence-electron chi connectivity index (χ2n) is 4.24. The first-order valence-corrected chi connectivity index (χ1v) is 7.55. The number of benzene rings is 1. The van der Waals surface area contributed by atoms with Gasteiger partial charge in [-0.1, -0.05) is 24.4 Å². The molecule has 0 saturated carbocycles. The zero-order chi connectivity index (χ0) is 13.7. The molecule has 102 valence electrons. The number of nitrogens with two attached hydrogens (primary N) is 1. The Morgan fingerprint density at radius 3 is 3.00 bits per heavy atom. The van der Waals surface area contributed by atoms with E-state index in [1.807, 2.05) is 18.2 Å². The van der Waals surface area contributed by atoms with Crippen molar-refractivity contribution in [2.75, 3.05) is 17.7 Å². The highest BCUT2D eigenvalue weighted by molar-refractivity contribution is 8.00. The minimum Gasteiger partial charge on any atom is -0.484 e. The molecule has 1 amide bonds. The lowest BCUT2D eigenvalue weighted by atomic mass is 10.2. The third kappa shape index (κ3) is 4.11. The normalized spacial score (nSPS) is 18.0. The van der Waals surface area contributed by atoms with Crippen molar-refractivity contribution in [3.63, 3.8) is 0 Å². The van der Waals surface area contributed by atoms with Crippen molar-refractivity contribution in [3.8, 4) is 5.75 Å². The molecular formula is C13H16N2O2S2. The van der Waals surface area contributed by atoms with Gasteiger partial charge >= 0.3 is 0 Å². The van der Waals surface area contributed by atoms with E-state index in [9.17, 15) is 4.79 Å².